The summed E-state index contributed by atoms with van der Waals surface area (Å²) in [5, 5.41) is 19.7. The molecule has 4 nitrogen and oxygen atoms in total. The molecule has 0 saturated carbocycles. The highest BCUT2D eigenvalue weighted by molar-refractivity contribution is 5.34. The number of aliphatic hydroxyl groups excluding tert-OH is 1. The first kappa shape index (κ1) is 10.9. The van der Waals surface area contributed by atoms with Crippen molar-refractivity contribution in [3.63, 3.8) is 0 Å². The van der Waals surface area contributed by atoms with Crippen LogP contribution in [-0.2, 0) is 0 Å². The van der Waals surface area contributed by atoms with E-state index in [9.17, 15) is 0 Å². The lowest BCUT2D eigenvalue weighted by molar-refractivity contribution is 0.266. The van der Waals surface area contributed by atoms with Gasteiger partial charge in [-0.2, -0.15) is 5.10 Å². The molecular formula is C10H17N3O. The van der Waals surface area contributed by atoms with Gasteiger partial charge >= 0.3 is 0 Å². The third-order valence-electron chi connectivity index (χ3n) is 2.04. The molecule has 2 N–H and O–H groups in total. The minimum Gasteiger partial charge on any atom is -0.396 e. The summed E-state index contributed by atoms with van der Waals surface area (Å²) >= 11 is 0. The van der Waals surface area contributed by atoms with Crippen LogP contribution in [0.4, 0.5) is 5.82 Å². The third-order valence-corrected chi connectivity index (χ3v) is 2.04. The van der Waals surface area contributed by atoms with Crippen LogP contribution in [0.15, 0.2) is 12.3 Å². The standard InChI is InChI=1S/C10H17N3O/c1-8(3-4-14)6-11-10-5-9(2)7-12-13-10/h5,7-8,14H,3-4,6H2,1-2H3,(H,11,13). The second-order valence-corrected chi connectivity index (χ2v) is 3.62. The molecular weight excluding hydrogens is 178 g/mol. The Bertz CT molecular complexity index is 278. The summed E-state index contributed by atoms with van der Waals surface area (Å²) in [7, 11) is 0. The molecule has 78 valence electrons. The van der Waals surface area contributed by atoms with Gasteiger partial charge in [-0.05, 0) is 30.9 Å². The fraction of sp³-hybridized carbons (Fsp3) is 0.600. The maximum atomic E-state index is 8.72. The normalized spacial score (nSPS) is 12.5. The van der Waals surface area contributed by atoms with E-state index < -0.39 is 0 Å². The van der Waals surface area contributed by atoms with Gasteiger partial charge in [0.2, 0.25) is 0 Å². The summed E-state index contributed by atoms with van der Waals surface area (Å²) in [6.07, 6.45) is 2.54. The molecule has 1 unspecified atom stereocenters. The Labute approximate surface area is 84.4 Å². The number of anilines is 1. The van der Waals surface area contributed by atoms with E-state index in [0.717, 1.165) is 24.3 Å². The summed E-state index contributed by atoms with van der Waals surface area (Å²) in [5.41, 5.74) is 1.09. The van der Waals surface area contributed by atoms with E-state index in [1.54, 1.807) is 6.20 Å². The summed E-state index contributed by atoms with van der Waals surface area (Å²) in [5.74, 6) is 1.25. The van der Waals surface area contributed by atoms with Gasteiger partial charge in [0.1, 0.15) is 5.82 Å². The van der Waals surface area contributed by atoms with Crippen LogP contribution in [0.25, 0.3) is 0 Å². The van der Waals surface area contributed by atoms with Gasteiger partial charge in [-0.3, -0.25) is 0 Å². The number of rotatable bonds is 5. The van der Waals surface area contributed by atoms with Crippen molar-refractivity contribution in [3.8, 4) is 0 Å². The van der Waals surface area contributed by atoms with Crippen molar-refractivity contribution in [3.05, 3.63) is 17.8 Å². The van der Waals surface area contributed by atoms with Crippen LogP contribution in [-0.4, -0.2) is 28.5 Å². The molecule has 0 aliphatic heterocycles. The summed E-state index contributed by atoms with van der Waals surface area (Å²) in [6, 6.07) is 1.96. The first-order valence-corrected chi connectivity index (χ1v) is 4.86. The summed E-state index contributed by atoms with van der Waals surface area (Å²) in [6.45, 7) is 5.13. The van der Waals surface area contributed by atoms with Crippen LogP contribution in [0.3, 0.4) is 0 Å². The van der Waals surface area contributed by atoms with E-state index in [1.165, 1.54) is 0 Å². The van der Waals surface area contributed by atoms with Crippen LogP contribution < -0.4 is 5.32 Å². The Morgan fingerprint density at radius 3 is 3.00 bits per heavy atom. The van der Waals surface area contributed by atoms with Gasteiger partial charge in [0.15, 0.2) is 0 Å². The molecule has 0 spiro atoms. The molecule has 1 atom stereocenters. The maximum Gasteiger partial charge on any atom is 0.148 e. The molecule has 0 aromatic carbocycles. The topological polar surface area (TPSA) is 58.0 Å². The lowest BCUT2D eigenvalue weighted by atomic mass is 10.1. The maximum absolute atomic E-state index is 8.72. The van der Waals surface area contributed by atoms with Crippen molar-refractivity contribution in [2.45, 2.75) is 20.3 Å². The van der Waals surface area contributed by atoms with Crippen LogP contribution in [0.1, 0.15) is 18.9 Å². The van der Waals surface area contributed by atoms with Gasteiger partial charge < -0.3 is 10.4 Å². The van der Waals surface area contributed by atoms with Gasteiger partial charge in [-0.25, -0.2) is 0 Å². The number of aliphatic hydroxyl groups is 1. The van der Waals surface area contributed by atoms with Crippen molar-refractivity contribution in [1.29, 1.82) is 0 Å². The molecule has 1 aromatic heterocycles. The zero-order chi connectivity index (χ0) is 10.4. The molecule has 0 aliphatic carbocycles. The summed E-state index contributed by atoms with van der Waals surface area (Å²) < 4.78 is 0. The first-order valence-electron chi connectivity index (χ1n) is 4.86. The molecule has 1 heterocycles. The molecule has 4 heteroatoms. The molecule has 1 rings (SSSR count). The van der Waals surface area contributed by atoms with Gasteiger partial charge in [-0.15, -0.1) is 5.10 Å². The van der Waals surface area contributed by atoms with E-state index >= 15 is 0 Å². The lowest BCUT2D eigenvalue weighted by Gasteiger charge is -2.11. The minimum atomic E-state index is 0.238. The SMILES string of the molecule is Cc1cnnc(NCC(C)CCO)c1. The molecule has 14 heavy (non-hydrogen) atoms. The number of aryl methyl sites for hydroxylation is 1. The quantitative estimate of drug-likeness (QED) is 0.741. The van der Waals surface area contributed by atoms with Crippen LogP contribution in [0, 0.1) is 12.8 Å². The predicted octanol–water partition coefficient (Wildman–Crippen LogP) is 1.22. The second-order valence-electron chi connectivity index (χ2n) is 3.62. The predicted molar refractivity (Wildman–Crippen MR) is 56.1 cm³/mol. The molecule has 0 fully saturated rings. The average molecular weight is 195 g/mol. The van der Waals surface area contributed by atoms with Crippen LogP contribution >= 0.6 is 0 Å². The zero-order valence-electron chi connectivity index (χ0n) is 8.70. The Morgan fingerprint density at radius 2 is 2.36 bits per heavy atom. The Kier molecular flexibility index (Phi) is 4.32. The second kappa shape index (κ2) is 5.54. The van der Waals surface area contributed by atoms with E-state index in [-0.39, 0.29) is 6.61 Å². The van der Waals surface area contributed by atoms with E-state index in [0.29, 0.717) is 5.92 Å². The lowest BCUT2D eigenvalue weighted by Crippen LogP contribution is -2.13. The van der Waals surface area contributed by atoms with E-state index in [2.05, 4.69) is 22.4 Å². The highest BCUT2D eigenvalue weighted by Gasteiger charge is 2.01. The third kappa shape index (κ3) is 3.70. The highest BCUT2D eigenvalue weighted by atomic mass is 16.3. The zero-order valence-corrected chi connectivity index (χ0v) is 8.70. The summed E-state index contributed by atoms with van der Waals surface area (Å²) in [4.78, 5) is 0. The van der Waals surface area contributed by atoms with Crippen LogP contribution in [0.5, 0.6) is 0 Å². The first-order chi connectivity index (χ1) is 6.72. The number of nitrogens with one attached hydrogen (secondary N) is 1. The molecule has 1 aromatic rings. The van der Waals surface area contributed by atoms with E-state index in [1.807, 2.05) is 13.0 Å². The van der Waals surface area contributed by atoms with E-state index in [4.69, 9.17) is 5.11 Å². The van der Waals surface area contributed by atoms with Gasteiger partial charge in [0.05, 0.1) is 6.20 Å². The minimum absolute atomic E-state index is 0.238. The van der Waals surface area contributed by atoms with Gasteiger partial charge in [0.25, 0.3) is 0 Å². The van der Waals surface area contributed by atoms with Crippen LogP contribution in [0.2, 0.25) is 0 Å². The van der Waals surface area contributed by atoms with Crippen molar-refractivity contribution in [1.82, 2.24) is 10.2 Å². The smallest absolute Gasteiger partial charge is 0.148 e. The Hall–Kier alpha value is -1.16. The average Bonchev–Trinajstić information content (AvgIpc) is 2.15. The molecule has 0 bridgehead atoms. The number of aromatic nitrogens is 2. The van der Waals surface area contributed by atoms with Crippen molar-refractivity contribution < 1.29 is 5.11 Å². The van der Waals surface area contributed by atoms with Gasteiger partial charge in [-0.1, -0.05) is 6.92 Å². The highest BCUT2D eigenvalue weighted by Crippen LogP contribution is 2.06. The van der Waals surface area contributed by atoms with Crippen molar-refractivity contribution in [2.75, 3.05) is 18.5 Å². The molecule has 0 aliphatic rings. The molecule has 0 radical (unpaired) electrons. The number of hydrogen-bond donors (Lipinski definition) is 2. The Morgan fingerprint density at radius 1 is 1.57 bits per heavy atom. The number of nitrogens with zero attached hydrogens (tertiary/aromatic N) is 2. The fourth-order valence-electron chi connectivity index (χ4n) is 1.15. The monoisotopic (exact) mass is 195 g/mol. The largest absolute Gasteiger partial charge is 0.396 e. The number of hydrogen-bond acceptors (Lipinski definition) is 4. The fourth-order valence-corrected chi connectivity index (χ4v) is 1.15. The molecule has 0 saturated heterocycles. The van der Waals surface area contributed by atoms with Gasteiger partial charge in [0, 0.05) is 13.2 Å². The molecule has 0 amide bonds. The van der Waals surface area contributed by atoms with Crippen molar-refractivity contribution in [2.24, 2.45) is 5.92 Å². The van der Waals surface area contributed by atoms with Crippen molar-refractivity contribution >= 4 is 5.82 Å². The Balaban J connectivity index is 2.37.